The highest BCUT2D eigenvalue weighted by Crippen LogP contribution is 2.37. The number of H-pyrrole nitrogens is 1. The summed E-state index contributed by atoms with van der Waals surface area (Å²) in [6.07, 6.45) is -0.136. The first-order valence-electron chi connectivity index (χ1n) is 6.85. The molecule has 0 radical (unpaired) electrons. The number of benzene rings is 2. The molecule has 0 unspecified atom stereocenters. The maximum Gasteiger partial charge on any atom is 0.307 e. The van der Waals surface area contributed by atoms with Crippen molar-refractivity contribution in [2.75, 3.05) is 7.11 Å². The molecule has 3 aromatic rings. The van der Waals surface area contributed by atoms with Gasteiger partial charge in [0.15, 0.2) is 0 Å². The lowest BCUT2D eigenvalue weighted by molar-refractivity contribution is -0.136. The van der Waals surface area contributed by atoms with Crippen LogP contribution in [0.15, 0.2) is 36.4 Å². The average Bonchev–Trinajstić information content (AvgIpc) is 2.85. The average molecular weight is 350 g/mol. The molecule has 0 bridgehead atoms. The maximum absolute atomic E-state index is 11.3. The minimum Gasteiger partial charge on any atom is -0.497 e. The molecule has 23 heavy (non-hydrogen) atoms. The summed E-state index contributed by atoms with van der Waals surface area (Å²) in [5.41, 5.74) is 2.92. The lowest BCUT2D eigenvalue weighted by atomic mass is 10.0. The van der Waals surface area contributed by atoms with Crippen LogP contribution in [0.5, 0.6) is 5.75 Å². The van der Waals surface area contributed by atoms with E-state index in [1.807, 2.05) is 24.3 Å². The van der Waals surface area contributed by atoms with Gasteiger partial charge in [-0.05, 0) is 47.5 Å². The number of carboxylic acid groups (broad SMARTS) is 1. The number of halogens is 2. The standard InChI is InChI=1S/C17H13Cl2NO3/c1-23-11-4-2-9(3-5-11)17-12(8-15(21)22)16-13(19)6-10(18)7-14(16)20-17/h2-7,20H,8H2,1H3,(H,21,22). The van der Waals surface area contributed by atoms with Crippen LogP contribution in [0.4, 0.5) is 0 Å². The molecule has 1 aromatic heterocycles. The van der Waals surface area contributed by atoms with Gasteiger partial charge in [0.2, 0.25) is 0 Å². The number of methoxy groups -OCH3 is 1. The summed E-state index contributed by atoms with van der Waals surface area (Å²) in [5, 5.41) is 10.8. The Bertz CT molecular complexity index is 885. The van der Waals surface area contributed by atoms with Gasteiger partial charge < -0.3 is 14.8 Å². The molecule has 0 aliphatic carbocycles. The fraction of sp³-hybridized carbons (Fsp3) is 0.118. The third-order valence-corrected chi connectivity index (χ3v) is 4.14. The predicted octanol–water partition coefficient (Wildman–Crippen LogP) is 4.78. The van der Waals surface area contributed by atoms with Crippen LogP contribution >= 0.6 is 23.2 Å². The number of aromatic amines is 1. The van der Waals surface area contributed by atoms with Crippen molar-refractivity contribution in [2.24, 2.45) is 0 Å². The number of aliphatic carboxylic acids is 1. The Labute approximate surface area is 142 Å². The van der Waals surface area contributed by atoms with Crippen molar-refractivity contribution in [2.45, 2.75) is 6.42 Å². The second-order valence-corrected chi connectivity index (χ2v) is 5.93. The number of fused-ring (bicyclic) bond motifs is 1. The van der Waals surface area contributed by atoms with Crippen molar-refractivity contribution < 1.29 is 14.6 Å². The van der Waals surface area contributed by atoms with E-state index in [0.717, 1.165) is 11.3 Å². The third-order valence-electron chi connectivity index (χ3n) is 3.62. The molecule has 0 fully saturated rings. The normalized spacial score (nSPS) is 10.9. The molecular formula is C17H13Cl2NO3. The van der Waals surface area contributed by atoms with Gasteiger partial charge in [0.05, 0.1) is 24.2 Å². The van der Waals surface area contributed by atoms with Crippen molar-refractivity contribution >= 4 is 40.1 Å². The highest BCUT2D eigenvalue weighted by Gasteiger charge is 2.18. The number of hydrogen-bond donors (Lipinski definition) is 2. The monoisotopic (exact) mass is 349 g/mol. The summed E-state index contributed by atoms with van der Waals surface area (Å²) in [6.45, 7) is 0. The first kappa shape index (κ1) is 15.7. The summed E-state index contributed by atoms with van der Waals surface area (Å²) < 4.78 is 5.15. The number of carboxylic acids is 1. The van der Waals surface area contributed by atoms with Crippen molar-refractivity contribution in [3.05, 3.63) is 52.0 Å². The van der Waals surface area contributed by atoms with Gasteiger partial charge in [0.25, 0.3) is 0 Å². The van der Waals surface area contributed by atoms with E-state index in [4.69, 9.17) is 27.9 Å². The van der Waals surface area contributed by atoms with Crippen LogP contribution in [0, 0.1) is 0 Å². The molecule has 0 atom stereocenters. The quantitative estimate of drug-likeness (QED) is 0.712. The van der Waals surface area contributed by atoms with Gasteiger partial charge in [-0.15, -0.1) is 0 Å². The van der Waals surface area contributed by atoms with Crippen LogP contribution in [0.1, 0.15) is 5.56 Å². The van der Waals surface area contributed by atoms with E-state index in [1.54, 1.807) is 19.2 Å². The summed E-state index contributed by atoms with van der Waals surface area (Å²) in [7, 11) is 1.59. The molecule has 6 heteroatoms. The molecule has 118 valence electrons. The van der Waals surface area contributed by atoms with Gasteiger partial charge >= 0.3 is 5.97 Å². The van der Waals surface area contributed by atoms with Crippen molar-refractivity contribution in [3.8, 4) is 17.0 Å². The molecule has 2 aromatic carbocycles. The Balaban J connectivity index is 2.25. The topological polar surface area (TPSA) is 62.3 Å². The highest BCUT2D eigenvalue weighted by atomic mass is 35.5. The Morgan fingerprint density at radius 2 is 1.91 bits per heavy atom. The van der Waals surface area contributed by atoms with Crippen LogP contribution in [0.25, 0.3) is 22.2 Å². The highest BCUT2D eigenvalue weighted by molar-refractivity contribution is 6.39. The number of aromatic nitrogens is 1. The zero-order chi connectivity index (χ0) is 16.6. The van der Waals surface area contributed by atoms with Gasteiger partial charge in [-0.3, -0.25) is 4.79 Å². The van der Waals surface area contributed by atoms with Crippen LogP contribution in [-0.2, 0) is 11.2 Å². The van der Waals surface area contributed by atoms with E-state index in [2.05, 4.69) is 4.98 Å². The van der Waals surface area contributed by atoms with Gasteiger partial charge in [0.1, 0.15) is 5.75 Å². The Morgan fingerprint density at radius 1 is 1.22 bits per heavy atom. The van der Waals surface area contributed by atoms with E-state index in [9.17, 15) is 9.90 Å². The maximum atomic E-state index is 11.3. The number of nitrogens with one attached hydrogen (secondary N) is 1. The van der Waals surface area contributed by atoms with Gasteiger partial charge in [-0.2, -0.15) is 0 Å². The van der Waals surface area contributed by atoms with Crippen LogP contribution in [0.3, 0.4) is 0 Å². The van der Waals surface area contributed by atoms with Gasteiger partial charge in [-0.1, -0.05) is 23.2 Å². The summed E-state index contributed by atoms with van der Waals surface area (Å²) in [6, 6.07) is 10.7. The number of carbonyl (C=O) groups is 1. The molecule has 0 amide bonds. The minimum absolute atomic E-state index is 0.136. The lowest BCUT2D eigenvalue weighted by Gasteiger charge is -2.05. The number of ether oxygens (including phenoxy) is 1. The zero-order valence-corrected chi connectivity index (χ0v) is 13.7. The minimum atomic E-state index is -0.924. The Kier molecular flexibility index (Phi) is 4.20. The van der Waals surface area contributed by atoms with Crippen LogP contribution < -0.4 is 4.74 Å². The van der Waals surface area contributed by atoms with E-state index in [0.29, 0.717) is 32.2 Å². The van der Waals surface area contributed by atoms with Crippen LogP contribution in [-0.4, -0.2) is 23.2 Å². The Morgan fingerprint density at radius 3 is 2.52 bits per heavy atom. The molecule has 0 saturated carbocycles. The first-order chi connectivity index (χ1) is 11.0. The summed E-state index contributed by atoms with van der Waals surface area (Å²) >= 11 is 12.3. The van der Waals surface area contributed by atoms with E-state index in [-0.39, 0.29) is 6.42 Å². The molecule has 0 aliphatic heterocycles. The van der Waals surface area contributed by atoms with E-state index < -0.39 is 5.97 Å². The van der Waals surface area contributed by atoms with Crippen molar-refractivity contribution in [3.63, 3.8) is 0 Å². The predicted molar refractivity (Wildman–Crippen MR) is 91.6 cm³/mol. The van der Waals surface area contributed by atoms with Crippen molar-refractivity contribution in [1.82, 2.24) is 4.98 Å². The second kappa shape index (κ2) is 6.14. The molecular weight excluding hydrogens is 337 g/mol. The lowest BCUT2D eigenvalue weighted by Crippen LogP contribution is -2.01. The molecule has 0 saturated heterocycles. The van der Waals surface area contributed by atoms with Crippen molar-refractivity contribution in [1.29, 1.82) is 0 Å². The van der Waals surface area contributed by atoms with Crippen LogP contribution in [0.2, 0.25) is 10.0 Å². The zero-order valence-electron chi connectivity index (χ0n) is 12.2. The number of hydrogen-bond acceptors (Lipinski definition) is 2. The fourth-order valence-electron chi connectivity index (χ4n) is 2.65. The van der Waals surface area contributed by atoms with Gasteiger partial charge in [0, 0.05) is 15.9 Å². The molecule has 0 aliphatic rings. The second-order valence-electron chi connectivity index (χ2n) is 5.09. The SMILES string of the molecule is COc1ccc(-c2[nH]c3cc(Cl)cc(Cl)c3c2CC(=O)O)cc1. The Hall–Kier alpha value is -2.17. The summed E-state index contributed by atoms with van der Waals surface area (Å²) in [5.74, 6) is -0.197. The molecule has 3 rings (SSSR count). The number of rotatable bonds is 4. The molecule has 4 nitrogen and oxygen atoms in total. The molecule has 0 spiro atoms. The molecule has 1 heterocycles. The third kappa shape index (κ3) is 3.00. The molecule has 2 N–H and O–H groups in total. The largest absolute Gasteiger partial charge is 0.497 e. The van der Waals surface area contributed by atoms with Gasteiger partial charge in [-0.25, -0.2) is 0 Å². The summed E-state index contributed by atoms with van der Waals surface area (Å²) in [4.78, 5) is 14.5. The fourth-order valence-corrected chi connectivity index (χ4v) is 3.25. The first-order valence-corrected chi connectivity index (χ1v) is 7.61. The van der Waals surface area contributed by atoms with E-state index in [1.165, 1.54) is 0 Å². The van der Waals surface area contributed by atoms with E-state index >= 15 is 0 Å². The smallest absolute Gasteiger partial charge is 0.307 e.